The van der Waals surface area contributed by atoms with Crippen LogP contribution in [0.1, 0.15) is 0 Å². The Morgan fingerprint density at radius 1 is 2.00 bits per heavy atom. The minimum atomic E-state index is -0.352. The molecule has 4 nitrogen and oxygen atoms in total. The zero-order valence-corrected chi connectivity index (χ0v) is 3.47. The molecule has 0 aromatic heterocycles. The first-order chi connectivity index (χ1) is 2.64. The number of hydrogen-bond acceptors (Lipinski definition) is 1. The van der Waals surface area contributed by atoms with E-state index in [9.17, 15) is 0 Å². The Balaban J connectivity index is 3.26. The summed E-state index contributed by atoms with van der Waals surface area (Å²) in [6.07, 6.45) is 0. The van der Waals surface area contributed by atoms with Crippen molar-refractivity contribution in [1.29, 1.82) is 5.41 Å². The molecule has 0 aromatic rings. The van der Waals surface area contributed by atoms with Crippen LogP contribution in [-0.4, -0.2) is 18.0 Å². The fourth-order valence-corrected chi connectivity index (χ4v) is 0. The van der Waals surface area contributed by atoms with Gasteiger partial charge in [0.2, 0.25) is 5.96 Å². The maximum atomic E-state index is 8.11. The number of nitrogens with zero attached hydrogens (tertiary/aromatic N) is 2. The highest BCUT2D eigenvalue weighted by Crippen LogP contribution is 1.59. The van der Waals surface area contributed by atoms with Crippen LogP contribution in [0.15, 0.2) is 0 Å². The SMILES string of the molecule is CN([N])C(=N)N. The smallest absolute Gasteiger partial charge is 0.205 e. The minimum Gasteiger partial charge on any atom is -0.369 e. The summed E-state index contributed by atoms with van der Waals surface area (Å²) in [5.41, 5.74) is 4.69. The molecule has 0 rings (SSSR count). The average molecular weight is 86.1 g/mol. The van der Waals surface area contributed by atoms with Gasteiger partial charge in [-0.25, -0.2) is 5.01 Å². The lowest BCUT2D eigenvalue weighted by Gasteiger charge is -2.00. The van der Waals surface area contributed by atoms with Crippen LogP contribution in [0, 0.1) is 5.41 Å². The van der Waals surface area contributed by atoms with E-state index in [1.165, 1.54) is 7.05 Å². The molecule has 0 saturated heterocycles. The molecule has 0 fully saturated rings. The summed E-state index contributed by atoms with van der Waals surface area (Å²) >= 11 is 0. The van der Waals surface area contributed by atoms with Crippen LogP contribution in [0.5, 0.6) is 0 Å². The topological polar surface area (TPSA) is 75.4 Å². The zero-order valence-electron chi connectivity index (χ0n) is 3.47. The van der Waals surface area contributed by atoms with Crippen LogP contribution >= 0.6 is 0 Å². The third-order valence-electron chi connectivity index (χ3n) is 0.349. The second-order valence-electron chi connectivity index (χ2n) is 0.909. The molecule has 6 heavy (non-hydrogen) atoms. The zero-order chi connectivity index (χ0) is 5.15. The summed E-state index contributed by atoms with van der Waals surface area (Å²) in [4.78, 5) is 0. The molecule has 0 spiro atoms. The minimum absolute atomic E-state index is 0.352. The molecule has 0 saturated carbocycles. The Morgan fingerprint density at radius 2 is 2.17 bits per heavy atom. The Labute approximate surface area is 36.2 Å². The second-order valence-corrected chi connectivity index (χ2v) is 0.909. The van der Waals surface area contributed by atoms with Crippen molar-refractivity contribution in [2.75, 3.05) is 7.05 Å². The van der Waals surface area contributed by atoms with Gasteiger partial charge >= 0.3 is 0 Å². The van der Waals surface area contributed by atoms with Gasteiger partial charge < -0.3 is 5.73 Å². The van der Waals surface area contributed by atoms with Crippen molar-refractivity contribution in [3.8, 4) is 0 Å². The van der Waals surface area contributed by atoms with Gasteiger partial charge in [-0.3, -0.25) is 5.41 Å². The van der Waals surface area contributed by atoms with Gasteiger partial charge in [-0.1, -0.05) is 0 Å². The Bertz CT molecular complexity index is 56.6. The van der Waals surface area contributed by atoms with Crippen LogP contribution in [0.2, 0.25) is 0 Å². The van der Waals surface area contributed by atoms with Gasteiger partial charge in [-0.15, -0.1) is 0 Å². The third kappa shape index (κ3) is 1.54. The quantitative estimate of drug-likeness (QED) is 0.220. The van der Waals surface area contributed by atoms with Gasteiger partial charge in [0.05, 0.1) is 0 Å². The standard InChI is InChI=1S/C2H6N4/c1-6(5)2(3)4/h1H3,(H3,3,4). The van der Waals surface area contributed by atoms with Crippen LogP contribution in [-0.2, 0) is 0 Å². The van der Waals surface area contributed by atoms with E-state index in [0.29, 0.717) is 5.01 Å². The number of rotatable bonds is 0. The number of nitrogens with one attached hydrogen (secondary N) is 1. The third-order valence-corrected chi connectivity index (χ3v) is 0.349. The number of guanidine groups is 1. The summed E-state index contributed by atoms with van der Waals surface area (Å²) in [5, 5.41) is 6.93. The Kier molecular flexibility index (Phi) is 1.41. The first kappa shape index (κ1) is 5.23. The van der Waals surface area contributed by atoms with Crippen LogP contribution < -0.4 is 11.6 Å². The molecule has 3 N–H and O–H groups in total. The maximum absolute atomic E-state index is 8.11. The van der Waals surface area contributed by atoms with Crippen molar-refractivity contribution in [3.05, 3.63) is 0 Å². The van der Waals surface area contributed by atoms with Gasteiger partial charge in [0, 0.05) is 7.05 Å². The molecule has 0 aliphatic carbocycles. The highest BCUT2D eigenvalue weighted by atomic mass is 15.4. The van der Waals surface area contributed by atoms with E-state index in [1.54, 1.807) is 0 Å². The molecule has 0 heterocycles. The molecule has 0 aliphatic rings. The van der Waals surface area contributed by atoms with Crippen LogP contribution in [0.4, 0.5) is 0 Å². The summed E-state index contributed by atoms with van der Waals surface area (Å²) in [6, 6.07) is 0. The van der Waals surface area contributed by atoms with E-state index in [1.807, 2.05) is 0 Å². The number of hydrogen-bond donors (Lipinski definition) is 2. The average Bonchev–Trinajstić information content (AvgIpc) is 1.36. The van der Waals surface area contributed by atoms with Gasteiger partial charge in [-0.2, -0.15) is 0 Å². The lowest BCUT2D eigenvalue weighted by molar-refractivity contribution is 0.501. The van der Waals surface area contributed by atoms with Gasteiger partial charge in [-0.05, 0) is 5.84 Å². The monoisotopic (exact) mass is 86.1 g/mol. The van der Waals surface area contributed by atoms with Gasteiger partial charge in [0.15, 0.2) is 0 Å². The first-order valence-corrected chi connectivity index (χ1v) is 1.41. The molecule has 0 amide bonds. The lowest BCUT2D eigenvalue weighted by Crippen LogP contribution is -2.30. The van der Waals surface area contributed by atoms with E-state index < -0.39 is 0 Å². The fourth-order valence-electron chi connectivity index (χ4n) is 0. The van der Waals surface area contributed by atoms with Gasteiger partial charge in [0.1, 0.15) is 0 Å². The lowest BCUT2D eigenvalue weighted by atomic mass is 11.0. The van der Waals surface area contributed by atoms with E-state index in [4.69, 9.17) is 17.0 Å². The van der Waals surface area contributed by atoms with E-state index in [-0.39, 0.29) is 5.96 Å². The molecule has 2 radical (unpaired) electrons. The first-order valence-electron chi connectivity index (χ1n) is 1.41. The van der Waals surface area contributed by atoms with Crippen molar-refractivity contribution < 1.29 is 0 Å². The molecular weight excluding hydrogens is 80.1 g/mol. The van der Waals surface area contributed by atoms with Crippen molar-refractivity contribution in [3.63, 3.8) is 0 Å². The van der Waals surface area contributed by atoms with Crippen molar-refractivity contribution in [2.45, 2.75) is 0 Å². The largest absolute Gasteiger partial charge is 0.369 e. The Morgan fingerprint density at radius 3 is 2.17 bits per heavy atom. The highest BCUT2D eigenvalue weighted by Gasteiger charge is 1.86. The van der Waals surface area contributed by atoms with E-state index in [0.717, 1.165) is 0 Å². The predicted octanol–water partition coefficient (Wildman–Crippen LogP) is -1.20. The predicted molar refractivity (Wildman–Crippen MR) is 21.8 cm³/mol. The molecule has 0 unspecified atom stereocenters. The van der Waals surface area contributed by atoms with Gasteiger partial charge in [0.25, 0.3) is 0 Å². The molecule has 0 aliphatic heterocycles. The summed E-state index contributed by atoms with van der Waals surface area (Å²) in [7, 11) is 1.28. The van der Waals surface area contributed by atoms with Crippen molar-refractivity contribution in [2.24, 2.45) is 5.73 Å². The molecule has 4 heteroatoms. The summed E-state index contributed by atoms with van der Waals surface area (Å²) in [5.74, 6) is 7.76. The summed E-state index contributed by atoms with van der Waals surface area (Å²) in [6.45, 7) is 0. The van der Waals surface area contributed by atoms with E-state index in [2.05, 4.69) is 0 Å². The molecule has 0 aromatic carbocycles. The van der Waals surface area contributed by atoms with Crippen molar-refractivity contribution in [1.82, 2.24) is 10.9 Å². The second kappa shape index (κ2) is 1.61. The van der Waals surface area contributed by atoms with E-state index >= 15 is 0 Å². The molecule has 34 valence electrons. The number of nitrogens with two attached hydrogens (primary N) is 1. The molecule has 0 bridgehead atoms. The fraction of sp³-hybridized carbons (Fsp3) is 0.500. The highest BCUT2D eigenvalue weighted by molar-refractivity contribution is 5.73. The van der Waals surface area contributed by atoms with Crippen LogP contribution in [0.3, 0.4) is 0 Å². The Hall–Kier alpha value is -0.770. The molecular formula is C2H6N4. The summed E-state index contributed by atoms with van der Waals surface area (Å²) < 4.78 is 0. The maximum Gasteiger partial charge on any atom is 0.205 e. The normalized spacial score (nSPS) is 7.67. The molecule has 0 atom stereocenters. The van der Waals surface area contributed by atoms with Crippen LogP contribution in [0.25, 0.3) is 0 Å². The van der Waals surface area contributed by atoms with Crippen molar-refractivity contribution >= 4 is 5.96 Å².